The van der Waals surface area contributed by atoms with Crippen molar-refractivity contribution in [1.82, 2.24) is 0 Å². The molecule has 0 aliphatic heterocycles. The fourth-order valence-electron chi connectivity index (χ4n) is 2.61. The number of carbonyl (C=O) groups is 2. The summed E-state index contributed by atoms with van der Waals surface area (Å²) in [6, 6.07) is 9.33. The monoisotopic (exact) mass is 458 g/mol. The maximum Gasteiger partial charge on any atom is 0.339 e. The predicted octanol–water partition coefficient (Wildman–Crippen LogP) is 3.96. The largest absolute Gasteiger partial charge is 0.462 e. The van der Waals surface area contributed by atoms with Crippen molar-refractivity contribution in [2.45, 2.75) is 19.9 Å². The lowest BCUT2D eigenvalue weighted by atomic mass is 10.2. The van der Waals surface area contributed by atoms with Crippen molar-refractivity contribution in [2.24, 2.45) is 0 Å². The van der Waals surface area contributed by atoms with Crippen molar-refractivity contribution in [3.8, 4) is 0 Å². The molecule has 0 aliphatic rings. The van der Waals surface area contributed by atoms with Crippen molar-refractivity contribution in [1.29, 1.82) is 0 Å². The van der Waals surface area contributed by atoms with E-state index in [0.717, 1.165) is 10.6 Å². The van der Waals surface area contributed by atoms with Crippen molar-refractivity contribution in [3.63, 3.8) is 0 Å². The highest BCUT2D eigenvalue weighted by molar-refractivity contribution is 7.92. The molecule has 29 heavy (non-hydrogen) atoms. The summed E-state index contributed by atoms with van der Waals surface area (Å²) >= 11 is 11.9. The first-order valence-corrected chi connectivity index (χ1v) is 11.2. The second-order valence-corrected chi connectivity index (χ2v) is 8.82. The van der Waals surface area contributed by atoms with Crippen LogP contribution in [0.15, 0.2) is 42.5 Å². The Morgan fingerprint density at radius 2 is 1.76 bits per heavy atom. The van der Waals surface area contributed by atoms with Crippen LogP contribution in [0.1, 0.15) is 24.2 Å². The third-order valence-corrected chi connectivity index (χ3v) is 5.72. The highest BCUT2D eigenvalue weighted by atomic mass is 35.5. The molecular weight excluding hydrogens is 439 g/mol. The minimum atomic E-state index is -3.77. The van der Waals surface area contributed by atoms with E-state index >= 15 is 0 Å². The van der Waals surface area contributed by atoms with Gasteiger partial charge in [0.25, 0.3) is 0 Å². The summed E-state index contributed by atoms with van der Waals surface area (Å²) in [5, 5.41) is 3.21. The molecule has 0 spiro atoms. The van der Waals surface area contributed by atoms with E-state index in [2.05, 4.69) is 5.32 Å². The standard InChI is InChI=1S/C19H20Cl2N2O5S/c1-4-28-19(25)16-11-14(7-10-17(16)21)22-18(24)12(2)23(29(3,26)27)15-8-5-13(20)6-9-15/h5-12H,4H2,1-3H3,(H,22,24). The van der Waals surface area contributed by atoms with Gasteiger partial charge in [0.05, 0.1) is 29.1 Å². The number of benzene rings is 2. The highest BCUT2D eigenvalue weighted by Crippen LogP contribution is 2.25. The molecule has 2 aromatic carbocycles. The zero-order valence-corrected chi connectivity index (χ0v) is 18.3. The Kier molecular flexibility index (Phi) is 7.51. The molecule has 0 heterocycles. The van der Waals surface area contributed by atoms with Crippen LogP contribution in [0.4, 0.5) is 11.4 Å². The molecule has 1 unspecified atom stereocenters. The topological polar surface area (TPSA) is 92.8 Å². The molecule has 1 atom stereocenters. The molecule has 0 fully saturated rings. The van der Waals surface area contributed by atoms with E-state index in [4.69, 9.17) is 27.9 Å². The first-order chi connectivity index (χ1) is 13.5. The number of amides is 1. The molecule has 0 bridgehead atoms. The summed E-state index contributed by atoms with van der Waals surface area (Å²) in [6.45, 7) is 3.29. The number of anilines is 2. The Hall–Kier alpha value is -2.29. The molecule has 10 heteroatoms. The Morgan fingerprint density at radius 3 is 2.31 bits per heavy atom. The quantitative estimate of drug-likeness (QED) is 0.633. The number of esters is 1. The third-order valence-electron chi connectivity index (χ3n) is 3.90. The SMILES string of the molecule is CCOC(=O)c1cc(NC(=O)C(C)N(c2ccc(Cl)cc2)S(C)(=O)=O)ccc1Cl. The van der Waals surface area contributed by atoms with Crippen LogP contribution in [0.3, 0.4) is 0 Å². The van der Waals surface area contributed by atoms with E-state index in [0.29, 0.717) is 10.7 Å². The Labute approximate surface area is 179 Å². The molecule has 0 saturated heterocycles. The molecule has 2 rings (SSSR count). The zero-order valence-electron chi connectivity index (χ0n) is 16.0. The third kappa shape index (κ3) is 5.85. The zero-order chi connectivity index (χ0) is 21.8. The van der Waals surface area contributed by atoms with Crippen LogP contribution in [0.25, 0.3) is 0 Å². The molecule has 156 valence electrons. The van der Waals surface area contributed by atoms with Gasteiger partial charge < -0.3 is 10.1 Å². The van der Waals surface area contributed by atoms with Crippen LogP contribution >= 0.6 is 23.2 Å². The van der Waals surface area contributed by atoms with Gasteiger partial charge in [-0.15, -0.1) is 0 Å². The van der Waals surface area contributed by atoms with E-state index in [1.165, 1.54) is 49.4 Å². The van der Waals surface area contributed by atoms with Gasteiger partial charge in [-0.25, -0.2) is 13.2 Å². The first-order valence-electron chi connectivity index (χ1n) is 8.57. The number of halogens is 2. The first kappa shape index (κ1) is 23.0. The van der Waals surface area contributed by atoms with Crippen molar-refractivity contribution in [3.05, 3.63) is 58.1 Å². The van der Waals surface area contributed by atoms with E-state index in [-0.39, 0.29) is 22.9 Å². The normalized spacial score (nSPS) is 12.2. The molecule has 1 amide bonds. The number of sulfonamides is 1. The van der Waals surface area contributed by atoms with E-state index < -0.39 is 27.9 Å². The number of rotatable bonds is 7. The van der Waals surface area contributed by atoms with Gasteiger partial charge in [0.15, 0.2) is 0 Å². The number of nitrogens with one attached hydrogen (secondary N) is 1. The van der Waals surface area contributed by atoms with Crippen molar-refractivity contribution >= 4 is 56.5 Å². The van der Waals surface area contributed by atoms with Crippen molar-refractivity contribution < 1.29 is 22.7 Å². The number of ether oxygens (including phenoxy) is 1. The summed E-state index contributed by atoms with van der Waals surface area (Å²) in [6.07, 6.45) is 1.01. The van der Waals surface area contributed by atoms with Gasteiger partial charge in [0.2, 0.25) is 15.9 Å². The van der Waals surface area contributed by atoms with Crippen LogP contribution < -0.4 is 9.62 Å². The lowest BCUT2D eigenvalue weighted by Crippen LogP contribution is -2.45. The van der Waals surface area contributed by atoms with Gasteiger partial charge >= 0.3 is 5.97 Å². The lowest BCUT2D eigenvalue weighted by Gasteiger charge is -2.28. The maximum atomic E-state index is 12.7. The van der Waals surface area contributed by atoms with Crippen molar-refractivity contribution in [2.75, 3.05) is 22.5 Å². The average Bonchev–Trinajstić information content (AvgIpc) is 2.64. The fourth-order valence-corrected chi connectivity index (χ4v) is 4.11. The number of hydrogen-bond acceptors (Lipinski definition) is 5. The van der Waals surface area contributed by atoms with Gasteiger partial charge in [-0.2, -0.15) is 0 Å². The van der Waals surface area contributed by atoms with Crippen LogP contribution in [0.5, 0.6) is 0 Å². The lowest BCUT2D eigenvalue weighted by molar-refractivity contribution is -0.116. The Bertz CT molecular complexity index is 1010. The van der Waals surface area contributed by atoms with E-state index in [1.807, 2.05) is 0 Å². The highest BCUT2D eigenvalue weighted by Gasteiger charge is 2.29. The molecule has 0 radical (unpaired) electrons. The maximum absolute atomic E-state index is 12.7. The second-order valence-electron chi connectivity index (χ2n) is 6.12. The average molecular weight is 459 g/mol. The van der Waals surface area contributed by atoms with Gasteiger partial charge in [0.1, 0.15) is 6.04 Å². The predicted molar refractivity (Wildman–Crippen MR) is 114 cm³/mol. The molecule has 0 saturated carbocycles. The minimum absolute atomic E-state index is 0.0941. The number of nitrogens with zero attached hydrogens (tertiary/aromatic N) is 1. The van der Waals surface area contributed by atoms with Crippen LogP contribution in [-0.2, 0) is 19.6 Å². The number of hydrogen-bond donors (Lipinski definition) is 1. The van der Waals surface area contributed by atoms with Gasteiger partial charge in [-0.3, -0.25) is 9.10 Å². The minimum Gasteiger partial charge on any atom is -0.462 e. The summed E-state index contributed by atoms with van der Waals surface area (Å²) in [5.74, 6) is -1.22. The molecule has 0 aromatic heterocycles. The molecule has 1 N–H and O–H groups in total. The summed E-state index contributed by atoms with van der Waals surface area (Å²) in [4.78, 5) is 24.7. The van der Waals surface area contributed by atoms with Crippen LogP contribution in [0.2, 0.25) is 10.0 Å². The van der Waals surface area contributed by atoms with Crippen LogP contribution in [-0.4, -0.2) is 39.2 Å². The van der Waals surface area contributed by atoms with Gasteiger partial charge in [-0.05, 0) is 56.3 Å². The molecular formula is C19H20Cl2N2O5S. The smallest absolute Gasteiger partial charge is 0.339 e. The molecule has 2 aromatic rings. The second kappa shape index (κ2) is 9.47. The van der Waals surface area contributed by atoms with Gasteiger partial charge in [0, 0.05) is 10.7 Å². The molecule has 7 nitrogen and oxygen atoms in total. The number of carbonyl (C=O) groups excluding carboxylic acids is 2. The van der Waals surface area contributed by atoms with E-state index in [9.17, 15) is 18.0 Å². The summed E-state index contributed by atoms with van der Waals surface area (Å²) in [7, 11) is -3.77. The van der Waals surface area contributed by atoms with Gasteiger partial charge in [-0.1, -0.05) is 23.2 Å². The van der Waals surface area contributed by atoms with E-state index in [1.54, 1.807) is 6.92 Å². The fraction of sp³-hybridized carbons (Fsp3) is 0.263. The summed E-state index contributed by atoms with van der Waals surface area (Å²) < 4.78 is 30.5. The molecule has 0 aliphatic carbocycles. The Morgan fingerprint density at radius 1 is 1.14 bits per heavy atom. The summed E-state index contributed by atoms with van der Waals surface area (Å²) in [5.41, 5.74) is 0.665. The van der Waals surface area contributed by atoms with Crippen LogP contribution in [0, 0.1) is 0 Å². The Balaban J connectivity index is 2.29.